The van der Waals surface area contributed by atoms with Gasteiger partial charge >= 0.3 is 0 Å². The molecule has 5 rings (SSSR count). The highest BCUT2D eigenvalue weighted by Crippen LogP contribution is 2.35. The zero-order valence-corrected chi connectivity index (χ0v) is 16.7. The summed E-state index contributed by atoms with van der Waals surface area (Å²) in [6.45, 7) is 0.266. The molecule has 1 atom stereocenters. The van der Waals surface area contributed by atoms with Crippen LogP contribution < -0.4 is 5.32 Å². The standard InChI is InChI=1S/C24H20N4O3/c29-22(17-7-2-1-3-8-17)20(14-28-13-12-25-15-28)26-24(30)21-19-11-10-16-6-4-5-9-18(16)23(19)31-27-21/h1-9,12-13,15,20H,10-11,14H2,(H,26,30). The Morgan fingerprint density at radius 3 is 2.68 bits per heavy atom. The lowest BCUT2D eigenvalue weighted by Crippen LogP contribution is -2.44. The van der Waals surface area contributed by atoms with Crippen LogP contribution >= 0.6 is 0 Å². The van der Waals surface area contributed by atoms with Gasteiger partial charge in [-0.15, -0.1) is 0 Å². The summed E-state index contributed by atoms with van der Waals surface area (Å²) in [7, 11) is 0. The zero-order valence-electron chi connectivity index (χ0n) is 16.7. The van der Waals surface area contributed by atoms with E-state index in [2.05, 4.69) is 21.5 Å². The van der Waals surface area contributed by atoms with Gasteiger partial charge in [0.25, 0.3) is 5.91 Å². The molecular weight excluding hydrogens is 392 g/mol. The highest BCUT2D eigenvalue weighted by Gasteiger charge is 2.30. The van der Waals surface area contributed by atoms with Gasteiger partial charge in [-0.1, -0.05) is 59.8 Å². The number of imidazole rings is 1. The first-order valence-corrected chi connectivity index (χ1v) is 10.1. The van der Waals surface area contributed by atoms with Gasteiger partial charge in [0.05, 0.1) is 12.9 Å². The van der Waals surface area contributed by atoms with Crippen LogP contribution in [-0.4, -0.2) is 32.4 Å². The molecule has 0 aliphatic heterocycles. The minimum atomic E-state index is -0.771. The van der Waals surface area contributed by atoms with E-state index < -0.39 is 11.9 Å². The van der Waals surface area contributed by atoms with Crippen molar-refractivity contribution in [3.63, 3.8) is 0 Å². The first-order chi connectivity index (χ1) is 15.2. The maximum absolute atomic E-state index is 13.2. The second kappa shape index (κ2) is 8.02. The average molecular weight is 412 g/mol. The van der Waals surface area contributed by atoms with E-state index in [9.17, 15) is 9.59 Å². The number of carbonyl (C=O) groups excluding carboxylic acids is 2. The Labute approximate surface area is 178 Å². The van der Waals surface area contributed by atoms with E-state index in [0.717, 1.165) is 17.5 Å². The van der Waals surface area contributed by atoms with Gasteiger partial charge < -0.3 is 14.4 Å². The van der Waals surface area contributed by atoms with Crippen LogP contribution in [0.3, 0.4) is 0 Å². The van der Waals surface area contributed by atoms with Gasteiger partial charge in [0.2, 0.25) is 0 Å². The number of fused-ring (bicyclic) bond motifs is 3. The fourth-order valence-corrected chi connectivity index (χ4v) is 3.98. The summed E-state index contributed by atoms with van der Waals surface area (Å²) < 4.78 is 7.32. The Morgan fingerprint density at radius 1 is 1.06 bits per heavy atom. The minimum absolute atomic E-state index is 0.176. The van der Waals surface area contributed by atoms with Gasteiger partial charge in [0.1, 0.15) is 6.04 Å². The fourth-order valence-electron chi connectivity index (χ4n) is 3.98. The third-order valence-electron chi connectivity index (χ3n) is 5.54. The number of Topliss-reactive ketones (excluding diaryl/α,β-unsaturated/α-hetero) is 1. The number of hydrogen-bond acceptors (Lipinski definition) is 5. The van der Waals surface area contributed by atoms with Crippen molar-refractivity contribution in [3.05, 3.63) is 95.7 Å². The lowest BCUT2D eigenvalue weighted by Gasteiger charge is -2.19. The first-order valence-electron chi connectivity index (χ1n) is 10.1. The van der Waals surface area contributed by atoms with E-state index in [1.807, 2.05) is 24.3 Å². The van der Waals surface area contributed by atoms with Gasteiger partial charge in [-0.25, -0.2) is 4.98 Å². The van der Waals surface area contributed by atoms with Gasteiger partial charge in [-0.3, -0.25) is 9.59 Å². The van der Waals surface area contributed by atoms with E-state index in [1.165, 1.54) is 5.56 Å². The van der Waals surface area contributed by atoms with Crippen LogP contribution in [0.1, 0.15) is 32.0 Å². The number of carbonyl (C=O) groups is 2. The topological polar surface area (TPSA) is 90.0 Å². The summed E-state index contributed by atoms with van der Waals surface area (Å²) in [5.74, 6) is 0.0386. The SMILES string of the molecule is O=C(NC(Cn1ccnc1)C(=O)c1ccccc1)c1noc2c1CCc1ccccc1-2. The Kier molecular flexibility index (Phi) is 4.92. The van der Waals surface area contributed by atoms with Crippen molar-refractivity contribution in [1.82, 2.24) is 20.0 Å². The quantitative estimate of drug-likeness (QED) is 0.491. The van der Waals surface area contributed by atoms with E-state index in [0.29, 0.717) is 17.7 Å². The van der Waals surface area contributed by atoms with Gasteiger partial charge in [0.15, 0.2) is 17.2 Å². The molecule has 2 aromatic carbocycles. The van der Waals surface area contributed by atoms with Crippen molar-refractivity contribution < 1.29 is 14.1 Å². The molecule has 0 fully saturated rings. The number of nitrogens with one attached hydrogen (secondary N) is 1. The number of benzene rings is 2. The molecule has 1 N–H and O–H groups in total. The summed E-state index contributed by atoms with van der Waals surface area (Å²) in [4.78, 5) is 30.3. The monoisotopic (exact) mass is 412 g/mol. The van der Waals surface area contributed by atoms with Crippen LogP contribution in [0.25, 0.3) is 11.3 Å². The lowest BCUT2D eigenvalue weighted by atomic mass is 9.89. The lowest BCUT2D eigenvalue weighted by molar-refractivity contribution is 0.0842. The van der Waals surface area contributed by atoms with Crippen LogP contribution in [-0.2, 0) is 19.4 Å². The van der Waals surface area contributed by atoms with E-state index in [-0.39, 0.29) is 18.0 Å². The number of hydrogen-bond donors (Lipinski definition) is 1. The number of ketones is 1. The average Bonchev–Trinajstić information content (AvgIpc) is 3.48. The molecule has 31 heavy (non-hydrogen) atoms. The summed E-state index contributed by atoms with van der Waals surface area (Å²) in [5, 5.41) is 6.93. The molecule has 1 amide bonds. The molecule has 0 bridgehead atoms. The first kappa shape index (κ1) is 19.0. The minimum Gasteiger partial charge on any atom is -0.355 e. The molecule has 0 radical (unpaired) electrons. The molecule has 4 aromatic rings. The largest absolute Gasteiger partial charge is 0.355 e. The summed E-state index contributed by atoms with van der Waals surface area (Å²) >= 11 is 0. The van der Waals surface area contributed by atoms with Crippen molar-refractivity contribution in [2.75, 3.05) is 0 Å². The molecular formula is C24H20N4O3. The smallest absolute Gasteiger partial charge is 0.274 e. The number of aryl methyl sites for hydroxylation is 1. The second-order valence-corrected chi connectivity index (χ2v) is 7.51. The third kappa shape index (κ3) is 3.66. The van der Waals surface area contributed by atoms with Gasteiger partial charge in [-0.05, 0) is 18.4 Å². The Balaban J connectivity index is 1.43. The van der Waals surface area contributed by atoms with Crippen molar-refractivity contribution in [3.8, 4) is 11.3 Å². The number of amides is 1. The molecule has 0 spiro atoms. The maximum Gasteiger partial charge on any atom is 0.274 e. The van der Waals surface area contributed by atoms with Crippen LogP contribution in [0.5, 0.6) is 0 Å². The predicted octanol–water partition coefficient (Wildman–Crippen LogP) is 3.32. The zero-order chi connectivity index (χ0) is 21.2. The number of nitrogens with zero attached hydrogens (tertiary/aromatic N) is 3. The maximum atomic E-state index is 13.2. The normalized spacial score (nSPS) is 13.2. The molecule has 2 aromatic heterocycles. The van der Waals surface area contributed by atoms with Crippen LogP contribution in [0, 0.1) is 0 Å². The fraction of sp³-hybridized carbons (Fsp3) is 0.167. The number of aromatic nitrogens is 3. The molecule has 7 nitrogen and oxygen atoms in total. The molecule has 1 aliphatic carbocycles. The van der Waals surface area contributed by atoms with E-state index >= 15 is 0 Å². The van der Waals surface area contributed by atoms with Crippen molar-refractivity contribution in [2.24, 2.45) is 0 Å². The molecule has 2 heterocycles. The van der Waals surface area contributed by atoms with Gasteiger partial charge in [0, 0.05) is 29.1 Å². The highest BCUT2D eigenvalue weighted by molar-refractivity contribution is 6.04. The van der Waals surface area contributed by atoms with E-state index in [4.69, 9.17) is 4.52 Å². The summed E-state index contributed by atoms with van der Waals surface area (Å²) in [5.41, 5.74) is 3.69. The Morgan fingerprint density at radius 2 is 1.87 bits per heavy atom. The summed E-state index contributed by atoms with van der Waals surface area (Å²) in [6, 6.07) is 16.1. The van der Waals surface area contributed by atoms with Gasteiger partial charge in [-0.2, -0.15) is 0 Å². The third-order valence-corrected chi connectivity index (χ3v) is 5.54. The molecule has 0 saturated heterocycles. The van der Waals surface area contributed by atoms with Crippen molar-refractivity contribution in [2.45, 2.75) is 25.4 Å². The predicted molar refractivity (Wildman–Crippen MR) is 114 cm³/mol. The molecule has 0 saturated carbocycles. The second-order valence-electron chi connectivity index (χ2n) is 7.51. The molecule has 7 heteroatoms. The summed E-state index contributed by atoms with van der Waals surface area (Å²) in [6.07, 6.45) is 6.49. The van der Waals surface area contributed by atoms with Crippen LogP contribution in [0.2, 0.25) is 0 Å². The van der Waals surface area contributed by atoms with Crippen LogP contribution in [0.15, 0.2) is 77.8 Å². The molecule has 154 valence electrons. The molecule has 1 unspecified atom stereocenters. The Bertz CT molecular complexity index is 1230. The highest BCUT2D eigenvalue weighted by atomic mass is 16.5. The molecule has 1 aliphatic rings. The van der Waals surface area contributed by atoms with E-state index in [1.54, 1.807) is 47.6 Å². The number of rotatable bonds is 6. The van der Waals surface area contributed by atoms with Crippen molar-refractivity contribution >= 4 is 11.7 Å². The van der Waals surface area contributed by atoms with Crippen LogP contribution in [0.4, 0.5) is 0 Å². The van der Waals surface area contributed by atoms with Crippen molar-refractivity contribution in [1.29, 1.82) is 0 Å². The Hall–Kier alpha value is -4.00.